The summed E-state index contributed by atoms with van der Waals surface area (Å²) < 4.78 is 5.71. The summed E-state index contributed by atoms with van der Waals surface area (Å²) in [6, 6.07) is 0. The van der Waals surface area contributed by atoms with Crippen molar-refractivity contribution in [1.29, 1.82) is 0 Å². The van der Waals surface area contributed by atoms with E-state index in [9.17, 15) is 4.79 Å². The summed E-state index contributed by atoms with van der Waals surface area (Å²) in [6.07, 6.45) is 21.9. The summed E-state index contributed by atoms with van der Waals surface area (Å²) in [7, 11) is 0. The highest BCUT2D eigenvalue weighted by Gasteiger charge is 2.22. The quantitative estimate of drug-likeness (QED) is 0.162. The van der Waals surface area contributed by atoms with Crippen LogP contribution in [0.1, 0.15) is 123 Å². The first-order chi connectivity index (χ1) is 13.2. The van der Waals surface area contributed by atoms with Gasteiger partial charge in [-0.25, -0.2) is 0 Å². The Morgan fingerprint density at radius 2 is 1.33 bits per heavy atom. The Kier molecular flexibility index (Phi) is 19.0. The molecule has 0 aromatic carbocycles. The lowest BCUT2D eigenvalue weighted by Crippen LogP contribution is -2.23. The third kappa shape index (κ3) is 16.9. The molecular weight excluding hydrogens is 336 g/mol. The van der Waals surface area contributed by atoms with Crippen molar-refractivity contribution in [3.05, 3.63) is 12.8 Å². The van der Waals surface area contributed by atoms with Crippen molar-refractivity contribution in [3.63, 3.8) is 0 Å². The highest BCUT2D eigenvalue weighted by molar-refractivity contribution is 5.66. The van der Waals surface area contributed by atoms with Crippen LogP contribution in [0.25, 0.3) is 0 Å². The number of carboxylic acid groups (broad SMARTS) is 1. The van der Waals surface area contributed by atoms with E-state index in [2.05, 4.69) is 20.4 Å². The highest BCUT2D eigenvalue weighted by Crippen LogP contribution is 2.25. The molecule has 0 saturated carbocycles. The molecule has 0 radical (unpaired) electrons. The number of aliphatic carboxylic acids is 1. The third-order valence-corrected chi connectivity index (χ3v) is 5.53. The van der Waals surface area contributed by atoms with Crippen LogP contribution in [-0.4, -0.2) is 17.2 Å². The molecule has 0 aromatic rings. The molecule has 0 aliphatic heterocycles. The average molecular weight is 383 g/mol. The predicted octanol–water partition coefficient (Wildman–Crippen LogP) is 7.89. The summed E-state index contributed by atoms with van der Waals surface area (Å²) >= 11 is 0. The van der Waals surface area contributed by atoms with Gasteiger partial charge in [0, 0.05) is 6.42 Å². The van der Waals surface area contributed by atoms with Gasteiger partial charge >= 0.3 is 5.97 Å². The minimum atomic E-state index is -0.705. The molecule has 0 saturated heterocycles. The molecule has 0 aromatic heterocycles. The largest absolute Gasteiger partial charge is 0.498 e. The minimum Gasteiger partial charge on any atom is -0.498 e. The van der Waals surface area contributed by atoms with Gasteiger partial charge in [0.2, 0.25) is 0 Å². The Bertz CT molecular complexity index is 341. The molecule has 3 nitrogen and oxygen atoms in total. The Morgan fingerprint density at radius 3 is 1.78 bits per heavy atom. The van der Waals surface area contributed by atoms with Crippen LogP contribution in [0, 0.1) is 5.92 Å². The van der Waals surface area contributed by atoms with Gasteiger partial charge in [-0.2, -0.15) is 0 Å². The summed E-state index contributed by atoms with van der Waals surface area (Å²) in [6.45, 7) is 8.11. The van der Waals surface area contributed by atoms with Crippen molar-refractivity contribution in [1.82, 2.24) is 0 Å². The number of ether oxygens (including phenoxy) is 1. The van der Waals surface area contributed by atoms with E-state index in [1.54, 1.807) is 0 Å². The number of carbonyl (C=O) groups is 1. The lowest BCUT2D eigenvalue weighted by molar-refractivity contribution is -0.137. The number of carboxylic acids is 1. The fraction of sp³-hybridized carbons (Fsp3) is 0.875. The number of rotatable bonds is 21. The van der Waals surface area contributed by atoms with Gasteiger partial charge in [-0.05, 0) is 25.2 Å². The molecule has 27 heavy (non-hydrogen) atoms. The van der Waals surface area contributed by atoms with Gasteiger partial charge in [0.25, 0.3) is 0 Å². The standard InChI is InChI=1S/C24H46O3/c1-4-7-8-9-10-11-12-13-14-15-16-17-19-22(20-21-24(25)26)23(18-5-2)27-6-3/h6,22-23H,3-5,7-21H2,1-2H3,(H,25,26). The molecule has 0 rings (SSSR count). The van der Waals surface area contributed by atoms with Gasteiger partial charge in [-0.15, -0.1) is 0 Å². The van der Waals surface area contributed by atoms with E-state index < -0.39 is 5.97 Å². The maximum absolute atomic E-state index is 11.0. The average Bonchev–Trinajstić information content (AvgIpc) is 2.64. The van der Waals surface area contributed by atoms with E-state index in [0.717, 1.165) is 19.3 Å². The molecule has 0 amide bonds. The highest BCUT2D eigenvalue weighted by atomic mass is 16.5. The van der Waals surface area contributed by atoms with E-state index in [1.165, 1.54) is 83.3 Å². The van der Waals surface area contributed by atoms with Gasteiger partial charge in [-0.1, -0.05) is 104 Å². The number of hydrogen-bond acceptors (Lipinski definition) is 2. The molecule has 0 spiro atoms. The van der Waals surface area contributed by atoms with Crippen LogP contribution in [0.2, 0.25) is 0 Å². The Morgan fingerprint density at radius 1 is 0.815 bits per heavy atom. The molecule has 1 N–H and O–H groups in total. The fourth-order valence-corrected chi connectivity index (χ4v) is 3.90. The smallest absolute Gasteiger partial charge is 0.303 e. The van der Waals surface area contributed by atoms with Crippen LogP contribution in [0.4, 0.5) is 0 Å². The second kappa shape index (κ2) is 19.8. The van der Waals surface area contributed by atoms with Gasteiger partial charge in [0.05, 0.1) is 6.26 Å². The SMILES string of the molecule is C=COC(CCC)C(CCCCCCCCCCCCCC)CCC(=O)O. The van der Waals surface area contributed by atoms with E-state index in [1.807, 2.05) is 0 Å². The van der Waals surface area contributed by atoms with Crippen molar-refractivity contribution in [2.75, 3.05) is 0 Å². The van der Waals surface area contributed by atoms with E-state index >= 15 is 0 Å². The molecule has 0 fully saturated rings. The molecule has 0 aliphatic carbocycles. The summed E-state index contributed by atoms with van der Waals surface area (Å²) in [5.41, 5.74) is 0. The molecule has 0 heterocycles. The molecular formula is C24H46O3. The van der Waals surface area contributed by atoms with Crippen LogP contribution >= 0.6 is 0 Å². The predicted molar refractivity (Wildman–Crippen MR) is 116 cm³/mol. The Hall–Kier alpha value is -0.990. The van der Waals surface area contributed by atoms with Crippen LogP contribution < -0.4 is 0 Å². The van der Waals surface area contributed by atoms with Crippen molar-refractivity contribution in [3.8, 4) is 0 Å². The summed E-state index contributed by atoms with van der Waals surface area (Å²) in [4.78, 5) is 11.0. The van der Waals surface area contributed by atoms with Gasteiger partial charge in [-0.3, -0.25) is 4.79 Å². The fourth-order valence-electron chi connectivity index (χ4n) is 3.90. The maximum atomic E-state index is 11.0. The Labute approximate surface area is 169 Å². The monoisotopic (exact) mass is 382 g/mol. The zero-order valence-electron chi connectivity index (χ0n) is 18.2. The zero-order chi connectivity index (χ0) is 20.2. The van der Waals surface area contributed by atoms with Crippen molar-refractivity contribution in [2.45, 2.75) is 129 Å². The Balaban J connectivity index is 3.84. The molecule has 2 atom stereocenters. The van der Waals surface area contributed by atoms with Crippen molar-refractivity contribution >= 4 is 5.97 Å². The van der Waals surface area contributed by atoms with Gasteiger partial charge < -0.3 is 9.84 Å². The van der Waals surface area contributed by atoms with E-state index in [4.69, 9.17) is 9.84 Å². The summed E-state index contributed by atoms with van der Waals surface area (Å²) in [5.74, 6) is -0.370. The second-order valence-corrected chi connectivity index (χ2v) is 8.00. The lowest BCUT2D eigenvalue weighted by atomic mass is 9.88. The first-order valence-corrected chi connectivity index (χ1v) is 11.6. The topological polar surface area (TPSA) is 46.5 Å². The van der Waals surface area contributed by atoms with Gasteiger partial charge in [0.1, 0.15) is 6.10 Å². The minimum absolute atomic E-state index is 0.125. The van der Waals surface area contributed by atoms with Gasteiger partial charge in [0.15, 0.2) is 0 Å². The van der Waals surface area contributed by atoms with Crippen LogP contribution in [-0.2, 0) is 9.53 Å². The van der Waals surface area contributed by atoms with Crippen LogP contribution in [0.5, 0.6) is 0 Å². The first kappa shape index (κ1) is 26.0. The molecule has 0 bridgehead atoms. The number of unbranched alkanes of at least 4 members (excludes halogenated alkanes) is 11. The molecule has 3 heteroatoms. The molecule has 0 aliphatic rings. The number of hydrogen-bond donors (Lipinski definition) is 1. The molecule has 2 unspecified atom stereocenters. The van der Waals surface area contributed by atoms with E-state index in [-0.39, 0.29) is 12.5 Å². The zero-order valence-corrected chi connectivity index (χ0v) is 18.2. The first-order valence-electron chi connectivity index (χ1n) is 11.6. The normalized spacial score (nSPS) is 13.3. The van der Waals surface area contributed by atoms with E-state index in [0.29, 0.717) is 12.3 Å². The van der Waals surface area contributed by atoms with Crippen molar-refractivity contribution in [2.24, 2.45) is 5.92 Å². The van der Waals surface area contributed by atoms with Crippen LogP contribution in [0.15, 0.2) is 12.8 Å². The third-order valence-electron chi connectivity index (χ3n) is 5.53. The lowest BCUT2D eigenvalue weighted by Gasteiger charge is -2.26. The maximum Gasteiger partial charge on any atom is 0.303 e. The van der Waals surface area contributed by atoms with Crippen LogP contribution in [0.3, 0.4) is 0 Å². The second-order valence-electron chi connectivity index (χ2n) is 8.00. The summed E-state index contributed by atoms with van der Waals surface area (Å²) in [5, 5.41) is 9.02. The van der Waals surface area contributed by atoms with Crippen molar-refractivity contribution < 1.29 is 14.6 Å². The molecule has 160 valence electrons.